The molecule has 1 aliphatic rings. The molecule has 0 saturated heterocycles. The highest BCUT2D eigenvalue weighted by Crippen LogP contribution is 2.41. The molecule has 0 radical (unpaired) electrons. The van der Waals surface area contributed by atoms with E-state index in [-0.39, 0.29) is 5.54 Å². The van der Waals surface area contributed by atoms with Gasteiger partial charge in [-0.25, -0.2) is 4.98 Å². The summed E-state index contributed by atoms with van der Waals surface area (Å²) in [5.74, 6) is 1.83. The van der Waals surface area contributed by atoms with E-state index in [0.717, 1.165) is 17.3 Å². The minimum atomic E-state index is 0.153. The van der Waals surface area contributed by atoms with Crippen molar-refractivity contribution in [1.82, 2.24) is 4.98 Å². The van der Waals surface area contributed by atoms with Crippen molar-refractivity contribution in [1.29, 1.82) is 0 Å². The second-order valence-electron chi connectivity index (χ2n) is 5.97. The molecule has 2 nitrogen and oxygen atoms in total. The quantitative estimate of drug-likeness (QED) is 0.872. The molecule has 1 aromatic heterocycles. The molecule has 3 rings (SSSR count). The Bertz CT molecular complexity index is 583. The minimum absolute atomic E-state index is 0.153. The summed E-state index contributed by atoms with van der Waals surface area (Å²) in [6.07, 6.45) is 2.68. The summed E-state index contributed by atoms with van der Waals surface area (Å²) in [7, 11) is 0. The maximum absolute atomic E-state index is 4.76. The third-order valence-electron chi connectivity index (χ3n) is 3.95. The second kappa shape index (κ2) is 3.98. The van der Waals surface area contributed by atoms with Crippen LogP contribution in [0.5, 0.6) is 0 Å². The van der Waals surface area contributed by atoms with E-state index in [1.165, 1.54) is 23.8 Å². The van der Waals surface area contributed by atoms with Crippen molar-refractivity contribution >= 4 is 16.7 Å². The van der Waals surface area contributed by atoms with Crippen LogP contribution in [0.2, 0.25) is 0 Å². The maximum Gasteiger partial charge on any atom is 0.130 e. The van der Waals surface area contributed by atoms with Gasteiger partial charge in [0.1, 0.15) is 5.82 Å². The van der Waals surface area contributed by atoms with E-state index >= 15 is 0 Å². The van der Waals surface area contributed by atoms with E-state index in [1.54, 1.807) is 0 Å². The number of hydrogen-bond acceptors (Lipinski definition) is 2. The monoisotopic (exact) mass is 240 g/mol. The molecule has 18 heavy (non-hydrogen) atoms. The molecule has 1 aromatic carbocycles. The van der Waals surface area contributed by atoms with Crippen LogP contribution >= 0.6 is 0 Å². The van der Waals surface area contributed by atoms with E-state index in [4.69, 9.17) is 4.98 Å². The average Bonchev–Trinajstić information content (AvgIpc) is 3.14. The summed E-state index contributed by atoms with van der Waals surface area (Å²) < 4.78 is 0. The van der Waals surface area contributed by atoms with Crippen LogP contribution in [-0.2, 0) is 0 Å². The number of hydrogen-bond donors (Lipinski definition) is 1. The molecule has 1 saturated carbocycles. The van der Waals surface area contributed by atoms with Gasteiger partial charge in [-0.2, -0.15) is 0 Å². The molecule has 1 N–H and O–H groups in total. The zero-order chi connectivity index (χ0) is 12.8. The molecular formula is C16H20N2. The maximum atomic E-state index is 4.76. The van der Waals surface area contributed by atoms with Crippen molar-refractivity contribution in [3.8, 4) is 0 Å². The molecule has 1 aliphatic carbocycles. The highest BCUT2D eigenvalue weighted by atomic mass is 15.1. The predicted octanol–water partition coefficient (Wildman–Crippen LogP) is 4.14. The van der Waals surface area contributed by atoms with Gasteiger partial charge in [-0.15, -0.1) is 0 Å². The lowest BCUT2D eigenvalue weighted by atomic mass is 9.98. The van der Waals surface area contributed by atoms with Gasteiger partial charge in [0.05, 0.1) is 5.52 Å². The molecule has 0 bridgehead atoms. The standard InChI is InChI=1S/C16H20N2/c1-11-10-12-6-4-5-7-14(12)17-15(11)18-16(2,3)13-8-9-13/h4-7,10,13H,8-9H2,1-3H3,(H,17,18). The fraction of sp³-hybridized carbons (Fsp3) is 0.438. The van der Waals surface area contributed by atoms with Gasteiger partial charge in [-0.1, -0.05) is 18.2 Å². The highest BCUT2D eigenvalue weighted by molar-refractivity contribution is 5.81. The van der Waals surface area contributed by atoms with Crippen LogP contribution in [0.4, 0.5) is 5.82 Å². The van der Waals surface area contributed by atoms with Gasteiger partial charge < -0.3 is 5.32 Å². The number of fused-ring (bicyclic) bond motifs is 1. The number of nitrogens with one attached hydrogen (secondary N) is 1. The summed E-state index contributed by atoms with van der Waals surface area (Å²) in [6, 6.07) is 10.5. The Balaban J connectivity index is 1.98. The van der Waals surface area contributed by atoms with Crippen LogP contribution in [0.25, 0.3) is 10.9 Å². The normalized spacial score (nSPS) is 15.9. The Labute approximate surface area is 108 Å². The van der Waals surface area contributed by atoms with Gasteiger partial charge in [-0.05, 0) is 57.2 Å². The molecule has 1 fully saturated rings. The molecule has 0 spiro atoms. The van der Waals surface area contributed by atoms with Crippen molar-refractivity contribution < 1.29 is 0 Å². The molecule has 94 valence electrons. The Morgan fingerprint density at radius 1 is 1.22 bits per heavy atom. The summed E-state index contributed by atoms with van der Waals surface area (Å²) >= 11 is 0. The van der Waals surface area contributed by atoms with Crippen LogP contribution in [-0.4, -0.2) is 10.5 Å². The minimum Gasteiger partial charge on any atom is -0.365 e. The number of para-hydroxylation sites is 1. The third kappa shape index (κ3) is 2.07. The van der Waals surface area contributed by atoms with Crippen LogP contribution in [0.3, 0.4) is 0 Å². The summed E-state index contributed by atoms with van der Waals surface area (Å²) in [4.78, 5) is 4.76. The van der Waals surface area contributed by atoms with E-state index < -0.39 is 0 Å². The van der Waals surface area contributed by atoms with Crippen molar-refractivity contribution in [2.24, 2.45) is 5.92 Å². The number of pyridine rings is 1. The topological polar surface area (TPSA) is 24.9 Å². The smallest absolute Gasteiger partial charge is 0.130 e. The molecule has 2 aromatic rings. The van der Waals surface area contributed by atoms with Crippen LogP contribution in [0, 0.1) is 12.8 Å². The summed E-state index contributed by atoms with van der Waals surface area (Å²) in [5, 5.41) is 4.84. The van der Waals surface area contributed by atoms with Crippen molar-refractivity contribution in [3.63, 3.8) is 0 Å². The lowest BCUT2D eigenvalue weighted by Gasteiger charge is -2.28. The third-order valence-corrected chi connectivity index (χ3v) is 3.95. The zero-order valence-electron chi connectivity index (χ0n) is 11.3. The molecule has 0 aliphatic heterocycles. The molecule has 0 amide bonds. The Morgan fingerprint density at radius 3 is 2.67 bits per heavy atom. The number of rotatable bonds is 3. The molecule has 1 heterocycles. The van der Waals surface area contributed by atoms with Gasteiger partial charge in [0.15, 0.2) is 0 Å². The molecule has 0 unspecified atom stereocenters. The summed E-state index contributed by atoms with van der Waals surface area (Å²) in [5.41, 5.74) is 2.44. The SMILES string of the molecule is Cc1cc2ccccc2nc1NC(C)(C)C1CC1. The van der Waals surface area contributed by atoms with Gasteiger partial charge in [0.25, 0.3) is 0 Å². The van der Waals surface area contributed by atoms with Crippen molar-refractivity contribution in [3.05, 3.63) is 35.9 Å². The van der Waals surface area contributed by atoms with E-state index in [2.05, 4.69) is 50.4 Å². The number of benzene rings is 1. The summed E-state index contributed by atoms with van der Waals surface area (Å²) in [6.45, 7) is 6.69. The average molecular weight is 240 g/mol. The van der Waals surface area contributed by atoms with Gasteiger partial charge in [0.2, 0.25) is 0 Å². The van der Waals surface area contributed by atoms with Crippen molar-refractivity contribution in [2.45, 2.75) is 39.2 Å². The molecular weight excluding hydrogens is 220 g/mol. The lowest BCUT2D eigenvalue weighted by Crippen LogP contribution is -2.34. The second-order valence-corrected chi connectivity index (χ2v) is 5.97. The predicted molar refractivity (Wildman–Crippen MR) is 76.9 cm³/mol. The zero-order valence-corrected chi connectivity index (χ0v) is 11.3. The number of nitrogens with zero attached hydrogens (tertiary/aromatic N) is 1. The molecule has 0 atom stereocenters. The first kappa shape index (κ1) is 11.5. The number of aryl methyl sites for hydroxylation is 1. The van der Waals surface area contributed by atoms with Crippen molar-refractivity contribution in [2.75, 3.05) is 5.32 Å². The first-order valence-corrected chi connectivity index (χ1v) is 6.71. The Hall–Kier alpha value is -1.57. The van der Waals surface area contributed by atoms with Gasteiger partial charge in [0, 0.05) is 10.9 Å². The Morgan fingerprint density at radius 2 is 1.94 bits per heavy atom. The van der Waals surface area contributed by atoms with Crippen LogP contribution in [0.15, 0.2) is 30.3 Å². The van der Waals surface area contributed by atoms with Crippen LogP contribution < -0.4 is 5.32 Å². The van der Waals surface area contributed by atoms with E-state index in [9.17, 15) is 0 Å². The lowest BCUT2D eigenvalue weighted by molar-refractivity contribution is 0.492. The number of anilines is 1. The van der Waals surface area contributed by atoms with E-state index in [1.807, 2.05) is 6.07 Å². The molecule has 2 heteroatoms. The fourth-order valence-electron chi connectivity index (χ4n) is 2.56. The highest BCUT2D eigenvalue weighted by Gasteiger charge is 2.38. The number of aromatic nitrogens is 1. The fourth-order valence-corrected chi connectivity index (χ4v) is 2.56. The largest absolute Gasteiger partial charge is 0.365 e. The first-order valence-electron chi connectivity index (χ1n) is 6.71. The van der Waals surface area contributed by atoms with E-state index in [0.29, 0.717) is 0 Å². The first-order chi connectivity index (χ1) is 8.56. The van der Waals surface area contributed by atoms with Gasteiger partial charge >= 0.3 is 0 Å². The van der Waals surface area contributed by atoms with Gasteiger partial charge in [-0.3, -0.25) is 0 Å². The van der Waals surface area contributed by atoms with Crippen LogP contribution in [0.1, 0.15) is 32.3 Å². The Kier molecular flexibility index (Phi) is 2.54.